The van der Waals surface area contributed by atoms with Crippen molar-refractivity contribution in [3.05, 3.63) is 29.8 Å². The number of hydrogen-bond donors (Lipinski definition) is 0. The van der Waals surface area contributed by atoms with Gasteiger partial charge < -0.3 is 14.5 Å². The fourth-order valence-electron chi connectivity index (χ4n) is 5.62. The lowest BCUT2D eigenvalue weighted by atomic mass is 9.89. The van der Waals surface area contributed by atoms with Gasteiger partial charge >= 0.3 is 0 Å². The van der Waals surface area contributed by atoms with E-state index in [1.165, 1.54) is 12.8 Å². The van der Waals surface area contributed by atoms with Gasteiger partial charge in [0.25, 0.3) is 5.91 Å². The highest BCUT2D eigenvalue weighted by molar-refractivity contribution is 5.96. The number of ether oxygens (including phenoxy) is 1. The minimum Gasteiger partial charge on any atom is -0.487 e. The predicted octanol–water partition coefficient (Wildman–Crippen LogP) is 5.04. The van der Waals surface area contributed by atoms with Crippen molar-refractivity contribution in [1.29, 1.82) is 0 Å². The molecule has 1 aromatic rings. The molecular weight excluding hydrogens is 388 g/mol. The Balaban J connectivity index is 1.63. The van der Waals surface area contributed by atoms with Gasteiger partial charge in [0.15, 0.2) is 0 Å². The molecule has 2 saturated carbocycles. The molecule has 0 bridgehead atoms. The second kappa shape index (κ2) is 10.5. The van der Waals surface area contributed by atoms with Crippen LogP contribution in [0.4, 0.5) is 0 Å². The van der Waals surface area contributed by atoms with Gasteiger partial charge in [-0.05, 0) is 57.1 Å². The molecule has 1 heterocycles. The average molecular weight is 427 g/mol. The highest BCUT2D eigenvalue weighted by Crippen LogP contribution is 2.33. The van der Waals surface area contributed by atoms with Crippen molar-refractivity contribution in [2.45, 2.75) is 89.2 Å². The molecule has 4 rings (SSSR count). The van der Waals surface area contributed by atoms with Crippen LogP contribution >= 0.6 is 0 Å². The van der Waals surface area contributed by atoms with Gasteiger partial charge in [-0.2, -0.15) is 0 Å². The number of carbonyl (C=O) groups is 2. The third-order valence-corrected chi connectivity index (χ3v) is 7.44. The average Bonchev–Trinajstić information content (AvgIpc) is 3.33. The Hall–Kier alpha value is -2.04. The Morgan fingerprint density at radius 1 is 0.871 bits per heavy atom. The molecule has 0 unspecified atom stereocenters. The lowest BCUT2D eigenvalue weighted by Crippen LogP contribution is -2.52. The number of fused-ring (bicyclic) bond motifs is 2. The van der Waals surface area contributed by atoms with E-state index in [2.05, 4.69) is 4.90 Å². The molecule has 5 nitrogen and oxygen atoms in total. The molecule has 2 fully saturated rings. The number of para-hydroxylation sites is 1. The fraction of sp³-hybridized carbons (Fsp3) is 0.692. The molecule has 0 spiro atoms. The summed E-state index contributed by atoms with van der Waals surface area (Å²) in [5, 5.41) is 0. The molecule has 3 aliphatic rings. The van der Waals surface area contributed by atoms with Crippen molar-refractivity contribution in [3.63, 3.8) is 0 Å². The second-order valence-corrected chi connectivity index (χ2v) is 9.66. The number of amides is 2. The van der Waals surface area contributed by atoms with E-state index in [0.29, 0.717) is 17.2 Å². The topological polar surface area (TPSA) is 49.9 Å². The van der Waals surface area contributed by atoms with Gasteiger partial charge in [-0.3, -0.25) is 9.59 Å². The summed E-state index contributed by atoms with van der Waals surface area (Å²) < 4.78 is 6.57. The van der Waals surface area contributed by atoms with Crippen molar-refractivity contribution in [2.24, 2.45) is 5.92 Å². The van der Waals surface area contributed by atoms with E-state index in [9.17, 15) is 9.59 Å². The van der Waals surface area contributed by atoms with Crippen LogP contribution in [-0.4, -0.2) is 53.9 Å². The Bertz CT molecular complexity index is 759. The number of benzene rings is 1. The third-order valence-electron chi connectivity index (χ3n) is 7.44. The van der Waals surface area contributed by atoms with Gasteiger partial charge in [0.1, 0.15) is 11.9 Å². The van der Waals surface area contributed by atoms with Gasteiger partial charge in [-0.15, -0.1) is 0 Å². The number of rotatable bonds is 1. The minimum absolute atomic E-state index is 0.0268. The van der Waals surface area contributed by atoms with Crippen molar-refractivity contribution >= 4 is 11.8 Å². The summed E-state index contributed by atoms with van der Waals surface area (Å²) in [5.74, 6) is 1.25. The first-order valence-electron chi connectivity index (χ1n) is 12.5. The maximum absolute atomic E-state index is 13.5. The molecule has 1 aromatic carbocycles. The summed E-state index contributed by atoms with van der Waals surface area (Å²) in [6.07, 6.45) is 12.8. The van der Waals surface area contributed by atoms with Crippen molar-refractivity contribution in [3.8, 4) is 5.75 Å². The number of hydrogen-bond acceptors (Lipinski definition) is 3. The van der Waals surface area contributed by atoms with Crippen molar-refractivity contribution < 1.29 is 14.3 Å². The Labute approximate surface area is 187 Å². The summed E-state index contributed by atoms with van der Waals surface area (Å²) in [4.78, 5) is 30.7. The van der Waals surface area contributed by atoms with Crippen LogP contribution in [0.3, 0.4) is 0 Å². The minimum atomic E-state index is -0.0405. The molecule has 1 aliphatic heterocycles. The zero-order valence-corrected chi connectivity index (χ0v) is 19.1. The first-order valence-corrected chi connectivity index (χ1v) is 12.5. The quantitative estimate of drug-likeness (QED) is 0.632. The van der Waals surface area contributed by atoms with Crippen LogP contribution in [0.15, 0.2) is 24.3 Å². The molecule has 5 heteroatoms. The first kappa shape index (κ1) is 22.2. The third kappa shape index (κ3) is 5.24. The molecule has 0 aromatic heterocycles. The van der Waals surface area contributed by atoms with Crippen molar-refractivity contribution in [2.75, 3.05) is 20.1 Å². The molecule has 31 heavy (non-hydrogen) atoms. The molecule has 0 radical (unpaired) electrons. The summed E-state index contributed by atoms with van der Waals surface area (Å²) >= 11 is 0. The lowest BCUT2D eigenvalue weighted by Gasteiger charge is -2.41. The lowest BCUT2D eigenvalue weighted by molar-refractivity contribution is -0.141. The standard InChI is InChI=1S/C26H38N2O3/c1-27-18-10-2-3-11-19-28(25(29)20-12-4-5-13-20)22-15-7-9-17-24(22)31-23-16-8-6-14-21(23)26(27)30/h6,8,14,16,20,22,24H,2-5,7,9-13,15,17-19H2,1H3/t22-,24+/m1/s1. The van der Waals surface area contributed by atoms with E-state index in [4.69, 9.17) is 4.74 Å². The maximum atomic E-state index is 13.5. The Kier molecular flexibility index (Phi) is 7.52. The molecular formula is C26H38N2O3. The summed E-state index contributed by atoms with van der Waals surface area (Å²) in [5.41, 5.74) is 0.639. The summed E-state index contributed by atoms with van der Waals surface area (Å²) in [6.45, 7) is 1.60. The zero-order chi connectivity index (χ0) is 21.6. The maximum Gasteiger partial charge on any atom is 0.257 e. The van der Waals surface area contributed by atoms with Gasteiger partial charge in [-0.25, -0.2) is 0 Å². The van der Waals surface area contributed by atoms with Crippen LogP contribution < -0.4 is 4.74 Å². The summed E-state index contributed by atoms with van der Waals surface area (Å²) in [6, 6.07) is 7.76. The van der Waals surface area contributed by atoms with Gasteiger partial charge in [0.05, 0.1) is 11.6 Å². The van der Waals surface area contributed by atoms with Crippen LogP contribution in [0, 0.1) is 5.92 Å². The Morgan fingerprint density at radius 2 is 1.55 bits per heavy atom. The van der Waals surface area contributed by atoms with E-state index < -0.39 is 0 Å². The Morgan fingerprint density at radius 3 is 2.35 bits per heavy atom. The molecule has 2 amide bonds. The largest absolute Gasteiger partial charge is 0.487 e. The van der Waals surface area contributed by atoms with Gasteiger partial charge in [-0.1, -0.05) is 44.2 Å². The second-order valence-electron chi connectivity index (χ2n) is 9.66. The highest BCUT2D eigenvalue weighted by atomic mass is 16.5. The SMILES string of the molecule is CN1CCCCCCN(C(=O)C2CCCC2)[C@@H]2CCCC[C@@H]2Oc2ccccc2C1=O. The van der Waals surface area contributed by atoms with E-state index >= 15 is 0 Å². The molecule has 0 saturated heterocycles. The van der Waals surface area contributed by atoms with Crippen LogP contribution in [0.1, 0.15) is 87.4 Å². The highest BCUT2D eigenvalue weighted by Gasteiger charge is 2.38. The summed E-state index contributed by atoms with van der Waals surface area (Å²) in [7, 11) is 1.89. The molecule has 0 N–H and O–H groups in total. The zero-order valence-electron chi connectivity index (χ0n) is 19.1. The van der Waals surface area contributed by atoms with E-state index in [0.717, 1.165) is 77.3 Å². The van der Waals surface area contributed by atoms with Crippen LogP contribution in [0.2, 0.25) is 0 Å². The van der Waals surface area contributed by atoms with Crippen LogP contribution in [-0.2, 0) is 4.79 Å². The van der Waals surface area contributed by atoms with Crippen LogP contribution in [0.25, 0.3) is 0 Å². The first-order chi connectivity index (χ1) is 15.1. The predicted molar refractivity (Wildman–Crippen MR) is 122 cm³/mol. The number of nitrogens with zero attached hydrogens (tertiary/aromatic N) is 2. The van der Waals surface area contributed by atoms with E-state index in [1.807, 2.05) is 36.2 Å². The van der Waals surface area contributed by atoms with Gasteiger partial charge in [0.2, 0.25) is 5.91 Å². The van der Waals surface area contributed by atoms with E-state index in [-0.39, 0.29) is 24.0 Å². The molecule has 2 aliphatic carbocycles. The number of carbonyl (C=O) groups excluding carboxylic acids is 2. The van der Waals surface area contributed by atoms with Gasteiger partial charge in [0, 0.05) is 26.1 Å². The molecule has 2 atom stereocenters. The van der Waals surface area contributed by atoms with Crippen LogP contribution in [0.5, 0.6) is 5.75 Å². The van der Waals surface area contributed by atoms with Crippen molar-refractivity contribution in [1.82, 2.24) is 9.80 Å². The van der Waals surface area contributed by atoms with E-state index in [1.54, 1.807) is 0 Å². The smallest absolute Gasteiger partial charge is 0.257 e. The normalized spacial score (nSPS) is 26.5. The molecule has 170 valence electrons. The fourth-order valence-corrected chi connectivity index (χ4v) is 5.62. The monoisotopic (exact) mass is 426 g/mol.